The highest BCUT2D eigenvalue weighted by molar-refractivity contribution is 7.96. The molecule has 7 atom stereocenters. The van der Waals surface area contributed by atoms with Crippen LogP contribution >= 0.6 is 12.6 Å². The predicted octanol–water partition coefficient (Wildman–Crippen LogP) is 3.75. The van der Waals surface area contributed by atoms with E-state index in [0.29, 0.717) is 18.5 Å². The highest BCUT2D eigenvalue weighted by atomic mass is 32.1. The third-order valence-corrected chi connectivity index (χ3v) is 10.3. The first-order valence-corrected chi connectivity index (χ1v) is 12.6. The maximum atomic E-state index is 13.3. The molecule has 0 spiro atoms. The minimum atomic E-state index is -1.48. The SMILES string of the molecule is CC12Cc3cnn(-c4ccc(F)nc4)c3C=C1CCC1C2C(O)CC2(C)C1CCC2(O)C(=O)S. The molecule has 6 rings (SSSR count). The van der Waals surface area contributed by atoms with Gasteiger partial charge in [0.1, 0.15) is 5.60 Å². The van der Waals surface area contributed by atoms with E-state index in [9.17, 15) is 19.4 Å². The molecule has 0 aliphatic heterocycles. The first-order valence-electron chi connectivity index (χ1n) is 12.1. The Morgan fingerprint density at radius 1 is 1.26 bits per heavy atom. The third-order valence-electron chi connectivity index (χ3n) is 9.89. The van der Waals surface area contributed by atoms with Crippen molar-refractivity contribution in [3.8, 4) is 5.69 Å². The summed E-state index contributed by atoms with van der Waals surface area (Å²) in [7, 11) is 0. The highest BCUT2D eigenvalue weighted by Gasteiger charge is 2.68. The van der Waals surface area contributed by atoms with Crippen molar-refractivity contribution in [2.45, 2.75) is 64.1 Å². The highest BCUT2D eigenvalue weighted by Crippen LogP contribution is 2.67. The van der Waals surface area contributed by atoms with E-state index in [4.69, 9.17) is 0 Å². The van der Waals surface area contributed by atoms with Crippen LogP contribution < -0.4 is 0 Å². The number of hydrogen-bond acceptors (Lipinski definition) is 5. The average molecular weight is 484 g/mol. The number of aromatic nitrogens is 3. The zero-order valence-electron chi connectivity index (χ0n) is 19.4. The predicted molar refractivity (Wildman–Crippen MR) is 128 cm³/mol. The lowest BCUT2D eigenvalue weighted by atomic mass is 9.45. The maximum Gasteiger partial charge on any atom is 0.218 e. The van der Waals surface area contributed by atoms with Crippen molar-refractivity contribution in [3.05, 3.63) is 47.3 Å². The monoisotopic (exact) mass is 483 g/mol. The van der Waals surface area contributed by atoms with E-state index in [0.717, 1.165) is 36.9 Å². The second-order valence-corrected chi connectivity index (χ2v) is 11.7. The summed E-state index contributed by atoms with van der Waals surface area (Å²) in [5.41, 5.74) is 1.75. The van der Waals surface area contributed by atoms with Crippen molar-refractivity contribution in [2.24, 2.45) is 28.6 Å². The zero-order chi connectivity index (χ0) is 24.0. The van der Waals surface area contributed by atoms with Gasteiger partial charge in [-0.05, 0) is 85.5 Å². The molecule has 0 aromatic carbocycles. The van der Waals surface area contributed by atoms with E-state index in [-0.39, 0.29) is 23.2 Å². The summed E-state index contributed by atoms with van der Waals surface area (Å²) in [4.78, 5) is 16.1. The molecule has 6 nitrogen and oxygen atoms in total. The Morgan fingerprint density at radius 3 is 2.76 bits per heavy atom. The number of nitrogens with zero attached hydrogens (tertiary/aromatic N) is 3. The molecule has 4 aliphatic carbocycles. The van der Waals surface area contributed by atoms with Crippen LogP contribution in [0.5, 0.6) is 0 Å². The number of carbonyl (C=O) groups is 1. The van der Waals surface area contributed by atoms with Crippen molar-refractivity contribution in [2.75, 3.05) is 0 Å². The van der Waals surface area contributed by atoms with Crippen LogP contribution in [-0.2, 0) is 11.2 Å². The van der Waals surface area contributed by atoms with Crippen LogP contribution in [0.1, 0.15) is 57.2 Å². The molecule has 2 N–H and O–H groups in total. The van der Waals surface area contributed by atoms with E-state index in [1.54, 1.807) is 6.07 Å². The number of halogens is 1. The van der Waals surface area contributed by atoms with Crippen molar-refractivity contribution >= 4 is 23.8 Å². The van der Waals surface area contributed by atoms with Crippen LogP contribution in [0.2, 0.25) is 0 Å². The molecule has 8 heteroatoms. The summed E-state index contributed by atoms with van der Waals surface area (Å²) in [6, 6.07) is 3.01. The summed E-state index contributed by atoms with van der Waals surface area (Å²) in [6.45, 7) is 4.23. The van der Waals surface area contributed by atoms with Crippen molar-refractivity contribution in [1.82, 2.24) is 14.8 Å². The van der Waals surface area contributed by atoms with Gasteiger partial charge in [-0.3, -0.25) is 4.79 Å². The Balaban J connectivity index is 1.38. The Hall–Kier alpha value is -2.03. The van der Waals surface area contributed by atoms with Gasteiger partial charge in [-0.25, -0.2) is 9.67 Å². The van der Waals surface area contributed by atoms with Gasteiger partial charge in [0.15, 0.2) is 0 Å². The zero-order valence-corrected chi connectivity index (χ0v) is 20.3. The Labute approximate surface area is 203 Å². The fourth-order valence-corrected chi connectivity index (χ4v) is 8.61. The summed E-state index contributed by atoms with van der Waals surface area (Å²) >= 11 is 4.04. The number of carbonyl (C=O) groups excluding carboxylic acids is 1. The second kappa shape index (κ2) is 7.24. The first kappa shape index (κ1) is 22.4. The topological polar surface area (TPSA) is 88.2 Å². The summed E-state index contributed by atoms with van der Waals surface area (Å²) in [6.07, 6.45) is 9.12. The van der Waals surface area contributed by atoms with Crippen LogP contribution in [0, 0.1) is 34.5 Å². The molecule has 2 aromatic rings. The molecule has 34 heavy (non-hydrogen) atoms. The minimum absolute atomic E-state index is 0.0481. The molecule has 7 unspecified atom stereocenters. The van der Waals surface area contributed by atoms with E-state index in [1.165, 1.54) is 17.8 Å². The summed E-state index contributed by atoms with van der Waals surface area (Å²) in [5.74, 6) is -0.0667. The largest absolute Gasteiger partial charge is 0.393 e. The van der Waals surface area contributed by atoms with E-state index in [2.05, 4.69) is 35.7 Å². The molecule has 0 radical (unpaired) electrons. The fraction of sp³-hybridized carbons (Fsp3) is 0.577. The summed E-state index contributed by atoms with van der Waals surface area (Å²) in [5, 5.41) is 27.0. The van der Waals surface area contributed by atoms with Gasteiger partial charge in [-0.1, -0.05) is 19.4 Å². The smallest absolute Gasteiger partial charge is 0.218 e. The second-order valence-electron chi connectivity index (χ2n) is 11.3. The molecule has 3 saturated carbocycles. The van der Waals surface area contributed by atoms with Gasteiger partial charge in [-0.2, -0.15) is 9.49 Å². The molecule has 2 aromatic heterocycles. The number of rotatable bonds is 2. The van der Waals surface area contributed by atoms with Crippen molar-refractivity contribution < 1.29 is 19.4 Å². The van der Waals surface area contributed by atoms with E-state index < -0.39 is 28.2 Å². The number of allylic oxidation sites excluding steroid dienone is 1. The van der Waals surface area contributed by atoms with Crippen LogP contribution in [0.3, 0.4) is 0 Å². The molecule has 180 valence electrons. The van der Waals surface area contributed by atoms with E-state index in [1.807, 2.05) is 17.8 Å². The van der Waals surface area contributed by atoms with Crippen molar-refractivity contribution in [1.29, 1.82) is 0 Å². The maximum absolute atomic E-state index is 13.3. The molecule has 2 heterocycles. The number of thiol groups is 1. The Morgan fingerprint density at radius 2 is 2.06 bits per heavy atom. The van der Waals surface area contributed by atoms with Gasteiger partial charge in [0.05, 0.1) is 29.9 Å². The fourth-order valence-electron chi connectivity index (χ4n) is 8.24. The normalized spacial score (nSPS) is 40.6. The molecule has 3 fully saturated rings. The number of hydrogen-bond donors (Lipinski definition) is 3. The van der Waals surface area contributed by atoms with Gasteiger partial charge in [0.2, 0.25) is 11.1 Å². The van der Waals surface area contributed by atoms with Crippen LogP contribution in [-0.4, -0.2) is 41.8 Å². The average Bonchev–Trinajstić information content (AvgIpc) is 3.30. The standard InChI is InChI=1S/C26H30FN3O3S/c1-24-10-14-12-29-30(16-4-6-21(27)28-13-16)19(14)9-15(24)3-5-17-18-7-8-26(33,23(32)34)25(18,2)11-20(31)22(17)24/h4,6,9,12-13,17-18,20,22,31,33H,3,5,7-8,10-11H2,1-2H3,(H,32,34). The molecular weight excluding hydrogens is 453 g/mol. The minimum Gasteiger partial charge on any atom is -0.393 e. The number of fused-ring (bicyclic) bond motifs is 6. The third kappa shape index (κ3) is 2.79. The van der Waals surface area contributed by atoms with Crippen molar-refractivity contribution in [3.63, 3.8) is 0 Å². The van der Waals surface area contributed by atoms with Crippen LogP contribution in [0.15, 0.2) is 30.1 Å². The number of pyridine rings is 1. The van der Waals surface area contributed by atoms with Crippen LogP contribution in [0.25, 0.3) is 11.8 Å². The van der Waals surface area contributed by atoms with Gasteiger partial charge < -0.3 is 10.2 Å². The molecule has 0 bridgehead atoms. The van der Waals surface area contributed by atoms with Gasteiger partial charge in [-0.15, -0.1) is 12.6 Å². The lowest BCUT2D eigenvalue weighted by Crippen LogP contribution is -2.61. The molecule has 4 aliphatic rings. The van der Waals surface area contributed by atoms with Gasteiger partial charge in [0.25, 0.3) is 0 Å². The molecule has 0 amide bonds. The lowest BCUT2D eigenvalue weighted by Gasteiger charge is -2.60. The summed E-state index contributed by atoms with van der Waals surface area (Å²) < 4.78 is 15.1. The Bertz CT molecular complexity index is 1210. The molecule has 0 saturated heterocycles. The quantitative estimate of drug-likeness (QED) is 0.447. The van der Waals surface area contributed by atoms with E-state index >= 15 is 0 Å². The van der Waals surface area contributed by atoms with Gasteiger partial charge >= 0.3 is 0 Å². The molecular formula is C26H30FN3O3S. The lowest BCUT2D eigenvalue weighted by molar-refractivity contribution is -0.173. The number of aliphatic hydroxyl groups is 2. The van der Waals surface area contributed by atoms with Crippen LogP contribution in [0.4, 0.5) is 4.39 Å². The van der Waals surface area contributed by atoms with Gasteiger partial charge in [0, 0.05) is 5.41 Å². The first-order chi connectivity index (χ1) is 16.1. The number of aliphatic hydroxyl groups excluding tert-OH is 1. The Kier molecular flexibility index (Phi) is 4.78.